The highest BCUT2D eigenvalue weighted by Gasteiger charge is 2.27. The normalized spacial score (nSPS) is 14.8. The lowest BCUT2D eigenvalue weighted by Crippen LogP contribution is -2.33. The number of carbonyl (C=O) groups excluding carboxylic acids is 1. The van der Waals surface area contributed by atoms with Crippen molar-refractivity contribution >= 4 is 55.0 Å². The molecule has 3 aromatic carbocycles. The van der Waals surface area contributed by atoms with Gasteiger partial charge in [-0.25, -0.2) is 14.8 Å². The van der Waals surface area contributed by atoms with Crippen molar-refractivity contribution in [3.8, 4) is 11.5 Å². The molecule has 4 heterocycles. The number of benzene rings is 3. The fraction of sp³-hybridized carbons (Fsp3) is 0.351. The van der Waals surface area contributed by atoms with Crippen LogP contribution in [0.2, 0.25) is 0 Å². The number of aryl methyl sites for hydroxylation is 1. The maximum Gasteiger partial charge on any atom is 0.355 e. The predicted octanol–water partition coefficient (Wildman–Crippen LogP) is 7.14. The highest BCUT2D eigenvalue weighted by atomic mass is 32.1. The van der Waals surface area contributed by atoms with Gasteiger partial charge in [0.05, 0.1) is 16.8 Å². The third-order valence-corrected chi connectivity index (χ3v) is 11.1. The van der Waals surface area contributed by atoms with Gasteiger partial charge >= 0.3 is 5.97 Å². The summed E-state index contributed by atoms with van der Waals surface area (Å²) in [6.45, 7) is 5.54. The lowest BCUT2D eigenvalue weighted by Gasteiger charge is -2.29. The Labute approximate surface area is 293 Å². The van der Waals surface area contributed by atoms with Gasteiger partial charge in [0.2, 0.25) is 0 Å². The second-order valence-electron chi connectivity index (χ2n) is 12.3. The van der Waals surface area contributed by atoms with E-state index >= 15 is 0 Å². The van der Waals surface area contributed by atoms with Crippen LogP contribution in [0.5, 0.6) is 11.5 Å². The van der Waals surface area contributed by atoms with E-state index in [1.54, 1.807) is 0 Å². The Bertz CT molecular complexity index is 1890. The summed E-state index contributed by atoms with van der Waals surface area (Å²) in [7, 11) is 0. The number of ether oxygens (including phenoxy) is 2. The molecule has 0 radical (unpaired) electrons. The van der Waals surface area contributed by atoms with Crippen LogP contribution in [0.4, 0.5) is 10.3 Å². The van der Waals surface area contributed by atoms with Crippen LogP contribution in [-0.4, -0.2) is 71.2 Å². The van der Waals surface area contributed by atoms with Crippen LogP contribution < -0.4 is 19.7 Å². The number of thiazole rings is 2. The van der Waals surface area contributed by atoms with E-state index < -0.39 is 5.97 Å². The smallest absolute Gasteiger partial charge is 0.355 e. The molecule has 2 aromatic heterocycles. The van der Waals surface area contributed by atoms with Crippen molar-refractivity contribution in [3.05, 3.63) is 94.0 Å². The van der Waals surface area contributed by atoms with Crippen LogP contribution in [0.3, 0.4) is 0 Å². The second kappa shape index (κ2) is 15.4. The number of piperidine rings is 1. The molecule has 2 N–H and O–H groups in total. The molecule has 1 saturated heterocycles. The molecule has 49 heavy (non-hydrogen) atoms. The number of anilines is 2. The van der Waals surface area contributed by atoms with Gasteiger partial charge in [-0.15, -0.1) is 11.3 Å². The summed E-state index contributed by atoms with van der Waals surface area (Å²) >= 11 is 2.85. The molecule has 7 rings (SSSR count). The zero-order chi connectivity index (χ0) is 33.6. The summed E-state index contributed by atoms with van der Waals surface area (Å²) in [4.78, 5) is 40.0. The lowest BCUT2D eigenvalue weighted by atomic mass is 9.94. The number of hydrogen-bond acceptors (Lipinski definition) is 10. The molecular formula is C37H39N5O5S2. The molecule has 10 nitrogen and oxygen atoms in total. The van der Waals surface area contributed by atoms with Crippen LogP contribution in [0.1, 0.15) is 62.5 Å². The zero-order valence-electron chi connectivity index (χ0n) is 27.2. The average Bonchev–Trinajstić information content (AvgIpc) is 3.75. The Morgan fingerprint density at radius 1 is 0.857 bits per heavy atom. The number of para-hydroxylation sites is 1. The Hall–Kier alpha value is -4.52. The van der Waals surface area contributed by atoms with Crippen molar-refractivity contribution in [1.29, 1.82) is 0 Å². The van der Waals surface area contributed by atoms with Crippen molar-refractivity contribution in [3.63, 3.8) is 0 Å². The van der Waals surface area contributed by atoms with Crippen molar-refractivity contribution < 1.29 is 24.2 Å². The average molecular weight is 698 g/mol. The fourth-order valence-corrected chi connectivity index (χ4v) is 8.37. The van der Waals surface area contributed by atoms with Crippen molar-refractivity contribution in [1.82, 2.24) is 14.9 Å². The van der Waals surface area contributed by atoms with Gasteiger partial charge < -0.3 is 19.5 Å². The van der Waals surface area contributed by atoms with Crippen molar-refractivity contribution in [2.75, 3.05) is 49.6 Å². The van der Waals surface area contributed by atoms with Crippen LogP contribution >= 0.6 is 22.7 Å². The Kier molecular flexibility index (Phi) is 10.3. The monoisotopic (exact) mass is 697 g/mol. The summed E-state index contributed by atoms with van der Waals surface area (Å²) in [5.41, 5.74) is 3.55. The number of carboxylic acid groups (broad SMARTS) is 1. The molecule has 0 bridgehead atoms. The summed E-state index contributed by atoms with van der Waals surface area (Å²) in [6, 6.07) is 21.3. The zero-order valence-corrected chi connectivity index (χ0v) is 28.9. The molecule has 1 fully saturated rings. The number of rotatable bonds is 13. The molecule has 5 aromatic rings. The first kappa shape index (κ1) is 33.0. The van der Waals surface area contributed by atoms with Crippen LogP contribution in [0.15, 0.2) is 66.7 Å². The minimum Gasteiger partial charge on any atom is -0.494 e. The summed E-state index contributed by atoms with van der Waals surface area (Å²) in [5, 5.41) is 14.2. The first-order chi connectivity index (χ1) is 24.0. The van der Waals surface area contributed by atoms with E-state index in [1.165, 1.54) is 41.9 Å². The van der Waals surface area contributed by atoms with E-state index in [1.807, 2.05) is 66.7 Å². The van der Waals surface area contributed by atoms with Gasteiger partial charge in [-0.2, -0.15) is 0 Å². The summed E-state index contributed by atoms with van der Waals surface area (Å²) in [5.74, 6) is 0.331. The molecule has 1 amide bonds. The van der Waals surface area contributed by atoms with Gasteiger partial charge in [0.1, 0.15) is 18.1 Å². The number of aromatic nitrogens is 2. The minimum atomic E-state index is -1.04. The van der Waals surface area contributed by atoms with Gasteiger partial charge in [0.25, 0.3) is 5.91 Å². The van der Waals surface area contributed by atoms with Crippen LogP contribution in [-0.2, 0) is 19.4 Å². The second-order valence-corrected chi connectivity index (χ2v) is 14.4. The molecule has 0 saturated carbocycles. The van der Waals surface area contributed by atoms with Gasteiger partial charge in [0.15, 0.2) is 16.0 Å². The van der Waals surface area contributed by atoms with E-state index in [0.717, 1.165) is 63.8 Å². The first-order valence-electron chi connectivity index (χ1n) is 16.8. The topological polar surface area (TPSA) is 117 Å². The van der Waals surface area contributed by atoms with E-state index in [4.69, 9.17) is 9.47 Å². The number of hydrogen-bond donors (Lipinski definition) is 2. The number of nitrogens with one attached hydrogen (secondary N) is 1. The Morgan fingerprint density at radius 3 is 2.41 bits per heavy atom. The van der Waals surface area contributed by atoms with Crippen molar-refractivity contribution in [2.24, 2.45) is 0 Å². The van der Waals surface area contributed by atoms with Gasteiger partial charge in [0, 0.05) is 30.1 Å². The molecular weight excluding hydrogens is 659 g/mol. The van der Waals surface area contributed by atoms with E-state index in [2.05, 4.69) is 25.1 Å². The highest BCUT2D eigenvalue weighted by Crippen LogP contribution is 2.33. The maximum atomic E-state index is 13.4. The number of nitrogens with zero attached hydrogens (tertiary/aromatic N) is 4. The molecule has 0 atom stereocenters. The SMILES string of the molecule is O=C(Nc1nc2ccccc2s1)c1cccc2c1CN(c1nc(C(=O)O)c(CCCOc3ccc(OCCN4CCCCC4)cc3)s1)CC2. The molecule has 0 spiro atoms. The molecule has 2 aliphatic heterocycles. The third kappa shape index (κ3) is 8.04. The molecule has 12 heteroatoms. The fourth-order valence-electron chi connectivity index (χ4n) is 6.39. The number of carbonyl (C=O) groups is 2. The quantitative estimate of drug-likeness (QED) is 0.124. The van der Waals surface area contributed by atoms with E-state index in [9.17, 15) is 14.7 Å². The summed E-state index contributed by atoms with van der Waals surface area (Å²) in [6.07, 6.45) is 5.79. The van der Waals surface area contributed by atoms with Crippen LogP contribution in [0, 0.1) is 0 Å². The number of aromatic carboxylic acids is 1. The number of amides is 1. The maximum absolute atomic E-state index is 13.4. The molecule has 254 valence electrons. The van der Waals surface area contributed by atoms with Gasteiger partial charge in [-0.05, 0) is 98.8 Å². The van der Waals surface area contributed by atoms with Crippen LogP contribution in [0.25, 0.3) is 10.2 Å². The van der Waals surface area contributed by atoms with Gasteiger partial charge in [-0.3, -0.25) is 15.0 Å². The van der Waals surface area contributed by atoms with E-state index in [-0.39, 0.29) is 11.6 Å². The number of carboxylic acids is 1. The number of likely N-dealkylation sites (tertiary alicyclic amines) is 1. The first-order valence-corrected chi connectivity index (χ1v) is 18.5. The minimum absolute atomic E-state index is 0.0821. The van der Waals surface area contributed by atoms with Crippen molar-refractivity contribution in [2.45, 2.75) is 45.1 Å². The number of fused-ring (bicyclic) bond motifs is 2. The molecule has 0 aliphatic carbocycles. The van der Waals surface area contributed by atoms with E-state index in [0.29, 0.717) is 55.0 Å². The standard InChI is InChI=1S/C37H39N5O5S2/c43-34(40-36-38-30-10-2-3-11-31(30)48-36)28-9-6-8-25-17-20-42(24-29(25)28)37-39-33(35(44)45)32(49-37)12-7-22-46-26-13-15-27(16-14-26)47-23-21-41-18-4-1-5-19-41/h2-3,6,8-11,13-16H,1,4-5,7,12,17-24H2,(H,44,45)(H,38,40,43). The Morgan fingerprint density at radius 2 is 1.63 bits per heavy atom. The lowest BCUT2D eigenvalue weighted by molar-refractivity contribution is 0.0690. The Balaban J connectivity index is 0.940. The largest absolute Gasteiger partial charge is 0.494 e. The summed E-state index contributed by atoms with van der Waals surface area (Å²) < 4.78 is 12.9. The third-order valence-electron chi connectivity index (χ3n) is 8.96. The molecule has 0 unspecified atom stereocenters. The van der Waals surface area contributed by atoms with Gasteiger partial charge in [-0.1, -0.05) is 42.0 Å². The highest BCUT2D eigenvalue weighted by molar-refractivity contribution is 7.22. The molecule has 2 aliphatic rings. The predicted molar refractivity (Wildman–Crippen MR) is 194 cm³/mol.